The number of allylic oxidation sites excluding steroid dienone is 2. The summed E-state index contributed by atoms with van der Waals surface area (Å²) in [5.41, 5.74) is -0.0542. The third-order valence-corrected chi connectivity index (χ3v) is 1.63. The van der Waals surface area contributed by atoms with E-state index in [-0.39, 0.29) is 11.4 Å². The number of hydrogen-bond donors (Lipinski definition) is 0. The highest BCUT2D eigenvalue weighted by atomic mass is 16.6. The van der Waals surface area contributed by atoms with Crippen LogP contribution in [0.15, 0.2) is 49.1 Å². The van der Waals surface area contributed by atoms with E-state index in [0.29, 0.717) is 0 Å². The average Bonchev–Trinajstić information content (AvgIpc) is 2.27. The van der Waals surface area contributed by atoms with Crippen LogP contribution in [-0.2, 0) is 4.79 Å². The number of nitro groups is 1. The fourth-order valence-electron chi connectivity index (χ4n) is 0.933. The minimum Gasteiger partial charge on any atom is -0.423 e. The van der Waals surface area contributed by atoms with E-state index in [9.17, 15) is 14.9 Å². The van der Waals surface area contributed by atoms with E-state index in [4.69, 9.17) is 4.74 Å². The Labute approximate surface area is 91.8 Å². The van der Waals surface area contributed by atoms with Crippen LogP contribution in [0.2, 0.25) is 0 Å². The molecule has 1 rings (SSSR count). The normalized spacial score (nSPS) is 10.0. The van der Waals surface area contributed by atoms with Gasteiger partial charge in [0.15, 0.2) is 0 Å². The SMILES string of the molecule is C=CC=CC(=O)Oc1ccc([N+](=O)[O-])cc1. The predicted molar refractivity (Wildman–Crippen MR) is 58.1 cm³/mol. The Hall–Kier alpha value is -2.43. The number of ether oxygens (including phenoxy) is 1. The maximum absolute atomic E-state index is 11.1. The number of carbonyl (C=O) groups is 1. The molecular formula is C11H9NO4. The van der Waals surface area contributed by atoms with E-state index < -0.39 is 10.9 Å². The first-order chi connectivity index (χ1) is 7.63. The third kappa shape index (κ3) is 3.38. The number of hydrogen-bond acceptors (Lipinski definition) is 4. The standard InChI is InChI=1S/C11H9NO4/c1-2-3-4-11(13)16-10-7-5-9(6-8-10)12(14)15/h2-8H,1H2. The Morgan fingerprint density at radius 1 is 1.38 bits per heavy atom. The summed E-state index contributed by atoms with van der Waals surface area (Å²) in [5.74, 6) is -0.307. The second kappa shape index (κ2) is 5.45. The molecule has 0 saturated carbocycles. The van der Waals surface area contributed by atoms with Crippen LogP contribution in [-0.4, -0.2) is 10.9 Å². The highest BCUT2D eigenvalue weighted by Crippen LogP contribution is 2.17. The molecule has 16 heavy (non-hydrogen) atoms. The van der Waals surface area contributed by atoms with Gasteiger partial charge >= 0.3 is 5.97 Å². The van der Waals surface area contributed by atoms with Gasteiger partial charge in [0.2, 0.25) is 0 Å². The zero-order valence-electron chi connectivity index (χ0n) is 8.33. The Kier molecular flexibility index (Phi) is 3.97. The van der Waals surface area contributed by atoms with Gasteiger partial charge in [0, 0.05) is 18.2 Å². The van der Waals surface area contributed by atoms with Gasteiger partial charge in [0.1, 0.15) is 5.75 Å². The molecule has 0 bridgehead atoms. The van der Waals surface area contributed by atoms with Crippen LogP contribution in [0.25, 0.3) is 0 Å². The molecule has 0 aliphatic rings. The van der Waals surface area contributed by atoms with Crippen LogP contribution < -0.4 is 4.74 Å². The maximum atomic E-state index is 11.1. The fourth-order valence-corrected chi connectivity index (χ4v) is 0.933. The smallest absolute Gasteiger partial charge is 0.336 e. The van der Waals surface area contributed by atoms with Crippen molar-refractivity contribution >= 4 is 11.7 Å². The lowest BCUT2D eigenvalue weighted by Crippen LogP contribution is -2.03. The number of nitrogens with zero attached hydrogens (tertiary/aromatic N) is 1. The quantitative estimate of drug-likeness (QED) is 0.194. The summed E-state index contributed by atoms with van der Waals surface area (Å²) in [7, 11) is 0. The van der Waals surface area contributed by atoms with Crippen LogP contribution in [0.1, 0.15) is 0 Å². The van der Waals surface area contributed by atoms with Crippen molar-refractivity contribution in [3.05, 3.63) is 59.2 Å². The minimum absolute atomic E-state index is 0.0542. The Bertz CT molecular complexity index is 434. The van der Waals surface area contributed by atoms with Crippen molar-refractivity contribution < 1.29 is 14.5 Å². The molecule has 5 nitrogen and oxygen atoms in total. The molecule has 82 valence electrons. The molecule has 1 aromatic rings. The van der Waals surface area contributed by atoms with Crippen molar-refractivity contribution in [3.8, 4) is 5.75 Å². The number of rotatable bonds is 4. The average molecular weight is 219 g/mol. The predicted octanol–water partition coefficient (Wildman–Crippen LogP) is 2.24. The van der Waals surface area contributed by atoms with Gasteiger partial charge in [-0.3, -0.25) is 10.1 Å². The number of carbonyl (C=O) groups excluding carboxylic acids is 1. The van der Waals surface area contributed by atoms with Gasteiger partial charge in [-0.15, -0.1) is 0 Å². The van der Waals surface area contributed by atoms with Gasteiger partial charge in [-0.2, -0.15) is 0 Å². The highest BCUT2D eigenvalue weighted by Gasteiger charge is 2.05. The summed E-state index contributed by atoms with van der Waals surface area (Å²) in [6.07, 6.45) is 4.08. The molecule has 0 atom stereocenters. The molecule has 0 heterocycles. The van der Waals surface area contributed by atoms with Crippen molar-refractivity contribution in [1.82, 2.24) is 0 Å². The van der Waals surface area contributed by atoms with Crippen molar-refractivity contribution in [1.29, 1.82) is 0 Å². The van der Waals surface area contributed by atoms with Crippen molar-refractivity contribution in [2.75, 3.05) is 0 Å². The summed E-state index contributed by atoms with van der Waals surface area (Å²) in [6.45, 7) is 3.40. The molecule has 0 aromatic heterocycles. The Balaban J connectivity index is 2.68. The molecule has 5 heteroatoms. The number of nitro benzene ring substituents is 1. The largest absolute Gasteiger partial charge is 0.423 e. The monoisotopic (exact) mass is 219 g/mol. The fraction of sp³-hybridized carbons (Fsp3) is 0. The molecular weight excluding hydrogens is 210 g/mol. The number of benzene rings is 1. The van der Waals surface area contributed by atoms with E-state index >= 15 is 0 Å². The van der Waals surface area contributed by atoms with Gasteiger partial charge in [-0.25, -0.2) is 4.79 Å². The second-order valence-corrected chi connectivity index (χ2v) is 2.77. The molecule has 0 N–H and O–H groups in total. The van der Waals surface area contributed by atoms with Gasteiger partial charge in [-0.1, -0.05) is 18.7 Å². The highest BCUT2D eigenvalue weighted by molar-refractivity contribution is 5.84. The maximum Gasteiger partial charge on any atom is 0.336 e. The lowest BCUT2D eigenvalue weighted by atomic mass is 10.3. The number of esters is 1. The van der Waals surface area contributed by atoms with Crippen molar-refractivity contribution in [2.45, 2.75) is 0 Å². The summed E-state index contributed by atoms with van der Waals surface area (Å²) in [6, 6.07) is 5.25. The first-order valence-electron chi connectivity index (χ1n) is 4.39. The van der Waals surface area contributed by atoms with E-state index in [2.05, 4.69) is 6.58 Å². The molecule has 0 unspecified atom stereocenters. The molecule has 1 aromatic carbocycles. The first-order valence-corrected chi connectivity index (χ1v) is 4.39. The van der Waals surface area contributed by atoms with Gasteiger partial charge in [0.25, 0.3) is 5.69 Å². The Morgan fingerprint density at radius 3 is 2.50 bits per heavy atom. The summed E-state index contributed by atoms with van der Waals surface area (Å²) in [5, 5.41) is 10.4. The van der Waals surface area contributed by atoms with Gasteiger partial charge in [0.05, 0.1) is 4.92 Å². The number of non-ortho nitro benzene ring substituents is 1. The summed E-state index contributed by atoms with van der Waals surface area (Å²) in [4.78, 5) is 20.9. The topological polar surface area (TPSA) is 69.4 Å². The van der Waals surface area contributed by atoms with Crippen LogP contribution in [0.3, 0.4) is 0 Å². The van der Waals surface area contributed by atoms with E-state index in [0.717, 1.165) is 0 Å². The summed E-state index contributed by atoms with van der Waals surface area (Å²) >= 11 is 0. The van der Waals surface area contributed by atoms with Crippen LogP contribution in [0.5, 0.6) is 5.75 Å². The van der Waals surface area contributed by atoms with Gasteiger partial charge in [-0.05, 0) is 12.1 Å². The lowest BCUT2D eigenvalue weighted by molar-refractivity contribution is -0.384. The van der Waals surface area contributed by atoms with Crippen LogP contribution in [0.4, 0.5) is 5.69 Å². The minimum atomic E-state index is -0.561. The molecule has 0 spiro atoms. The Morgan fingerprint density at radius 2 is 2.00 bits per heavy atom. The molecule has 0 fully saturated rings. The zero-order valence-corrected chi connectivity index (χ0v) is 8.33. The van der Waals surface area contributed by atoms with Crippen molar-refractivity contribution in [3.63, 3.8) is 0 Å². The van der Waals surface area contributed by atoms with E-state index in [1.807, 2.05) is 0 Å². The molecule has 0 aliphatic heterocycles. The zero-order chi connectivity index (χ0) is 12.0. The third-order valence-electron chi connectivity index (χ3n) is 1.63. The first kappa shape index (κ1) is 11.6. The van der Waals surface area contributed by atoms with Crippen LogP contribution >= 0.6 is 0 Å². The summed E-state index contributed by atoms with van der Waals surface area (Å²) < 4.78 is 4.86. The lowest BCUT2D eigenvalue weighted by Gasteiger charge is -1.99. The molecule has 0 aliphatic carbocycles. The van der Waals surface area contributed by atoms with Crippen LogP contribution in [0, 0.1) is 10.1 Å². The molecule has 0 radical (unpaired) electrons. The van der Waals surface area contributed by atoms with Crippen molar-refractivity contribution in [2.24, 2.45) is 0 Å². The second-order valence-electron chi connectivity index (χ2n) is 2.77. The van der Waals surface area contributed by atoms with E-state index in [1.54, 1.807) is 0 Å². The van der Waals surface area contributed by atoms with Gasteiger partial charge < -0.3 is 4.74 Å². The molecule has 0 saturated heterocycles. The van der Waals surface area contributed by atoms with E-state index in [1.165, 1.54) is 42.5 Å². The molecule has 0 amide bonds.